The fraction of sp³-hybridized carbons (Fsp3) is 0.400. The van der Waals surface area contributed by atoms with Gasteiger partial charge >= 0.3 is 0 Å². The molecule has 0 bridgehead atoms. The van der Waals surface area contributed by atoms with Crippen molar-refractivity contribution < 1.29 is 5.11 Å². The average molecular weight is 163 g/mol. The lowest BCUT2D eigenvalue weighted by atomic mass is 10.1. The van der Waals surface area contributed by atoms with Crippen LogP contribution in [0.5, 0.6) is 0 Å². The van der Waals surface area contributed by atoms with Gasteiger partial charge in [0, 0.05) is 6.04 Å². The highest BCUT2D eigenvalue weighted by Gasteiger charge is 2.26. The van der Waals surface area contributed by atoms with Crippen molar-refractivity contribution in [2.45, 2.75) is 25.5 Å². The number of aliphatic hydroxyl groups is 1. The van der Waals surface area contributed by atoms with Crippen LogP contribution in [0.1, 0.15) is 35.3 Å². The molecule has 12 heavy (non-hydrogen) atoms. The molecule has 0 aliphatic heterocycles. The Morgan fingerprint density at radius 2 is 2.17 bits per heavy atom. The molecule has 0 spiro atoms. The van der Waals surface area contributed by atoms with Gasteiger partial charge in [-0.15, -0.1) is 0 Å². The molecule has 1 aliphatic carbocycles. The van der Waals surface area contributed by atoms with Gasteiger partial charge in [0.1, 0.15) is 0 Å². The summed E-state index contributed by atoms with van der Waals surface area (Å²) >= 11 is 0. The van der Waals surface area contributed by atoms with Crippen molar-refractivity contribution in [3.63, 3.8) is 0 Å². The van der Waals surface area contributed by atoms with Crippen molar-refractivity contribution >= 4 is 0 Å². The van der Waals surface area contributed by atoms with Gasteiger partial charge < -0.3 is 10.8 Å². The maximum Gasteiger partial charge on any atom is 0.0811 e. The fourth-order valence-corrected chi connectivity index (χ4v) is 1.81. The van der Waals surface area contributed by atoms with Crippen LogP contribution in [0.15, 0.2) is 18.2 Å². The minimum Gasteiger partial charge on any atom is -0.388 e. The third-order valence-corrected chi connectivity index (χ3v) is 2.48. The molecule has 1 aliphatic rings. The molecule has 0 saturated carbocycles. The maximum absolute atomic E-state index is 9.60. The predicted molar refractivity (Wildman–Crippen MR) is 47.7 cm³/mol. The second kappa shape index (κ2) is 2.57. The van der Waals surface area contributed by atoms with Gasteiger partial charge in [0.2, 0.25) is 0 Å². The first-order chi connectivity index (χ1) is 5.68. The van der Waals surface area contributed by atoms with Crippen LogP contribution in [-0.4, -0.2) is 5.11 Å². The molecule has 0 aromatic heterocycles. The molecular weight excluding hydrogens is 150 g/mol. The molecule has 0 fully saturated rings. The highest BCUT2D eigenvalue weighted by Crippen LogP contribution is 2.37. The van der Waals surface area contributed by atoms with Crippen molar-refractivity contribution in [2.75, 3.05) is 0 Å². The summed E-state index contributed by atoms with van der Waals surface area (Å²) in [6.45, 7) is 2.02. The molecule has 64 valence electrons. The molecule has 3 N–H and O–H groups in total. The van der Waals surface area contributed by atoms with Crippen molar-refractivity contribution in [1.82, 2.24) is 0 Å². The zero-order valence-electron chi connectivity index (χ0n) is 7.12. The van der Waals surface area contributed by atoms with Gasteiger partial charge in [-0.1, -0.05) is 23.8 Å². The first-order valence-electron chi connectivity index (χ1n) is 4.22. The van der Waals surface area contributed by atoms with Crippen LogP contribution in [0.4, 0.5) is 0 Å². The number of hydrogen-bond acceptors (Lipinski definition) is 2. The third-order valence-electron chi connectivity index (χ3n) is 2.48. The van der Waals surface area contributed by atoms with Gasteiger partial charge in [-0.25, -0.2) is 0 Å². The van der Waals surface area contributed by atoms with Gasteiger partial charge in [-0.2, -0.15) is 0 Å². The van der Waals surface area contributed by atoms with Gasteiger partial charge in [-0.05, 0) is 24.5 Å². The van der Waals surface area contributed by atoms with E-state index in [9.17, 15) is 5.11 Å². The minimum atomic E-state index is -0.352. The number of aryl methyl sites for hydroxylation is 1. The van der Waals surface area contributed by atoms with E-state index < -0.39 is 0 Å². The zero-order chi connectivity index (χ0) is 8.72. The Labute approximate surface area is 72.0 Å². The van der Waals surface area contributed by atoms with E-state index in [1.165, 1.54) is 5.56 Å². The molecule has 2 nitrogen and oxygen atoms in total. The molecular formula is C10H13NO. The Morgan fingerprint density at radius 1 is 1.42 bits per heavy atom. The first kappa shape index (κ1) is 7.77. The number of nitrogens with two attached hydrogens (primary N) is 1. The molecule has 0 saturated heterocycles. The van der Waals surface area contributed by atoms with Crippen LogP contribution >= 0.6 is 0 Å². The molecule has 2 heteroatoms. The normalized spacial score (nSPS) is 27.2. The van der Waals surface area contributed by atoms with Crippen LogP contribution in [0, 0.1) is 6.92 Å². The maximum atomic E-state index is 9.60. The molecule has 1 aromatic carbocycles. The Morgan fingerprint density at radius 3 is 2.92 bits per heavy atom. The number of aliphatic hydroxyl groups excluding tert-OH is 1. The Balaban J connectivity index is 2.53. The number of rotatable bonds is 0. The molecule has 0 amide bonds. The Bertz CT molecular complexity index is 309. The van der Waals surface area contributed by atoms with Crippen molar-refractivity contribution in [3.8, 4) is 0 Å². The summed E-state index contributed by atoms with van der Waals surface area (Å²) in [5.41, 5.74) is 9.13. The lowest BCUT2D eigenvalue weighted by molar-refractivity contribution is 0.173. The van der Waals surface area contributed by atoms with Gasteiger partial charge in [-0.3, -0.25) is 0 Å². The van der Waals surface area contributed by atoms with Gasteiger partial charge in [0.05, 0.1) is 6.10 Å². The highest BCUT2D eigenvalue weighted by atomic mass is 16.3. The summed E-state index contributed by atoms with van der Waals surface area (Å²) in [4.78, 5) is 0. The quantitative estimate of drug-likeness (QED) is 0.607. The van der Waals surface area contributed by atoms with Crippen LogP contribution in [0.25, 0.3) is 0 Å². The topological polar surface area (TPSA) is 46.2 Å². The third kappa shape index (κ3) is 1.04. The van der Waals surface area contributed by atoms with E-state index in [1.807, 2.05) is 25.1 Å². The Hall–Kier alpha value is -0.860. The average Bonchev–Trinajstić information content (AvgIpc) is 2.28. The number of hydrogen-bond donors (Lipinski definition) is 2. The van der Waals surface area contributed by atoms with E-state index in [0.717, 1.165) is 11.1 Å². The first-order valence-corrected chi connectivity index (χ1v) is 4.22. The van der Waals surface area contributed by atoms with Crippen molar-refractivity contribution in [3.05, 3.63) is 34.9 Å². The second-order valence-electron chi connectivity index (χ2n) is 3.49. The summed E-state index contributed by atoms with van der Waals surface area (Å²) in [5.74, 6) is 0. The fourth-order valence-electron chi connectivity index (χ4n) is 1.81. The molecule has 1 aromatic rings. The van der Waals surface area contributed by atoms with E-state index >= 15 is 0 Å². The van der Waals surface area contributed by atoms with Crippen LogP contribution < -0.4 is 5.73 Å². The smallest absolute Gasteiger partial charge is 0.0811 e. The van der Waals surface area contributed by atoms with Gasteiger partial charge in [0.25, 0.3) is 0 Å². The lowest BCUT2D eigenvalue weighted by Crippen LogP contribution is -2.05. The van der Waals surface area contributed by atoms with E-state index in [0.29, 0.717) is 6.42 Å². The SMILES string of the molecule is Cc1ccc2c(c1)C(O)CC2N. The van der Waals surface area contributed by atoms with E-state index in [2.05, 4.69) is 0 Å². The summed E-state index contributed by atoms with van der Waals surface area (Å²) < 4.78 is 0. The molecule has 2 unspecified atom stereocenters. The van der Waals surface area contributed by atoms with E-state index in [-0.39, 0.29) is 12.1 Å². The van der Waals surface area contributed by atoms with Crippen LogP contribution in [-0.2, 0) is 0 Å². The largest absolute Gasteiger partial charge is 0.388 e. The predicted octanol–water partition coefficient (Wildman–Crippen LogP) is 1.43. The van der Waals surface area contributed by atoms with E-state index in [1.54, 1.807) is 0 Å². The van der Waals surface area contributed by atoms with Crippen molar-refractivity contribution in [1.29, 1.82) is 0 Å². The monoisotopic (exact) mass is 163 g/mol. The van der Waals surface area contributed by atoms with Crippen LogP contribution in [0.2, 0.25) is 0 Å². The van der Waals surface area contributed by atoms with E-state index in [4.69, 9.17) is 5.73 Å². The minimum absolute atomic E-state index is 0.0237. The number of fused-ring (bicyclic) bond motifs is 1. The van der Waals surface area contributed by atoms with Crippen molar-refractivity contribution in [2.24, 2.45) is 5.73 Å². The molecule has 0 heterocycles. The highest BCUT2D eigenvalue weighted by molar-refractivity contribution is 5.39. The standard InChI is InChI=1S/C10H13NO/c1-6-2-3-7-8(4-6)10(12)5-9(7)11/h2-4,9-10,12H,5,11H2,1H3. The Kier molecular flexibility index (Phi) is 1.67. The summed E-state index contributed by atoms with van der Waals surface area (Å²) in [6, 6.07) is 6.10. The summed E-state index contributed by atoms with van der Waals surface area (Å²) in [6.07, 6.45) is 0.314. The van der Waals surface area contributed by atoms with Gasteiger partial charge in [0.15, 0.2) is 0 Å². The zero-order valence-corrected chi connectivity index (χ0v) is 7.12. The number of benzene rings is 1. The molecule has 2 atom stereocenters. The summed E-state index contributed by atoms with van der Waals surface area (Å²) in [5, 5.41) is 9.60. The molecule has 0 radical (unpaired) electrons. The molecule has 2 rings (SSSR count). The summed E-state index contributed by atoms with van der Waals surface area (Å²) in [7, 11) is 0. The lowest BCUT2D eigenvalue weighted by Gasteiger charge is -2.04. The second-order valence-corrected chi connectivity index (χ2v) is 3.49. The van der Waals surface area contributed by atoms with Crippen LogP contribution in [0.3, 0.4) is 0 Å².